The number of Topliss-reactive ketones (excluding diaryl/α,β-unsaturated/α-hetero) is 1. The van der Waals surface area contributed by atoms with Gasteiger partial charge in [-0.2, -0.15) is 0 Å². The predicted octanol–water partition coefficient (Wildman–Crippen LogP) is 4.15. The summed E-state index contributed by atoms with van der Waals surface area (Å²) in [6, 6.07) is 6.34. The number of hydrogen-bond acceptors (Lipinski definition) is 7. The fraction of sp³-hybridized carbons (Fsp3) is 0.389. The third kappa shape index (κ3) is 3.86. The van der Waals surface area contributed by atoms with Crippen molar-refractivity contribution in [1.29, 1.82) is 0 Å². The molecule has 0 aromatic carbocycles. The fourth-order valence-corrected chi connectivity index (χ4v) is 4.53. The molecule has 0 amide bonds. The van der Waals surface area contributed by atoms with Gasteiger partial charge in [-0.1, -0.05) is 23.1 Å². The maximum absolute atomic E-state index is 12.7. The molecule has 0 radical (unpaired) electrons. The highest BCUT2D eigenvalue weighted by molar-refractivity contribution is 8.01. The zero-order valence-electron chi connectivity index (χ0n) is 14.7. The van der Waals surface area contributed by atoms with Crippen molar-refractivity contribution in [2.45, 2.75) is 43.6 Å². The van der Waals surface area contributed by atoms with Crippen LogP contribution in [0.25, 0.3) is 0 Å². The van der Waals surface area contributed by atoms with Gasteiger partial charge in [0.15, 0.2) is 10.1 Å². The maximum atomic E-state index is 12.7. The monoisotopic (exact) mass is 388 g/mol. The van der Waals surface area contributed by atoms with Gasteiger partial charge < -0.3 is 14.3 Å². The Morgan fingerprint density at radius 3 is 3.00 bits per heavy atom. The van der Waals surface area contributed by atoms with Crippen molar-refractivity contribution in [3.05, 3.63) is 47.2 Å². The quantitative estimate of drug-likeness (QED) is 0.462. The molecule has 0 bridgehead atoms. The van der Waals surface area contributed by atoms with Gasteiger partial charge in [-0.25, -0.2) is 0 Å². The summed E-state index contributed by atoms with van der Waals surface area (Å²) in [4.78, 5) is 12.7. The van der Waals surface area contributed by atoms with Crippen LogP contribution in [-0.4, -0.2) is 32.3 Å². The average Bonchev–Trinajstić information content (AvgIpc) is 3.00. The molecular weight excluding hydrogens is 368 g/mol. The van der Waals surface area contributed by atoms with E-state index in [0.717, 1.165) is 32.2 Å². The van der Waals surface area contributed by atoms with Crippen LogP contribution < -0.4 is 5.32 Å². The summed E-state index contributed by atoms with van der Waals surface area (Å²) in [5, 5.41) is 12.5. The second-order valence-electron chi connectivity index (χ2n) is 6.45. The molecule has 1 saturated carbocycles. The van der Waals surface area contributed by atoms with Crippen molar-refractivity contribution in [1.82, 2.24) is 14.8 Å². The smallest absolute Gasteiger partial charge is 0.206 e. The van der Waals surface area contributed by atoms with E-state index in [4.69, 9.17) is 4.42 Å². The summed E-state index contributed by atoms with van der Waals surface area (Å²) in [5.41, 5.74) is 2.79. The minimum absolute atomic E-state index is 0.112. The second kappa shape index (κ2) is 7.28. The van der Waals surface area contributed by atoms with E-state index in [1.165, 1.54) is 35.9 Å². The summed E-state index contributed by atoms with van der Waals surface area (Å²) in [6.45, 7) is 4.63. The van der Waals surface area contributed by atoms with E-state index in [1.807, 2.05) is 32.0 Å². The summed E-state index contributed by atoms with van der Waals surface area (Å²) < 4.78 is 8.36. The molecule has 0 atom stereocenters. The molecule has 1 aliphatic carbocycles. The van der Waals surface area contributed by atoms with Crippen LogP contribution in [0.5, 0.6) is 0 Å². The van der Waals surface area contributed by atoms with E-state index in [2.05, 4.69) is 20.1 Å². The zero-order chi connectivity index (χ0) is 18.1. The highest BCUT2D eigenvalue weighted by Crippen LogP contribution is 2.30. The van der Waals surface area contributed by atoms with Crippen molar-refractivity contribution in [3.63, 3.8) is 0 Å². The van der Waals surface area contributed by atoms with E-state index in [1.54, 1.807) is 6.26 Å². The Morgan fingerprint density at radius 2 is 2.27 bits per heavy atom. The van der Waals surface area contributed by atoms with Crippen LogP contribution in [0.1, 0.15) is 40.3 Å². The van der Waals surface area contributed by atoms with Gasteiger partial charge in [-0.3, -0.25) is 4.79 Å². The van der Waals surface area contributed by atoms with Crippen LogP contribution in [-0.2, 0) is 6.54 Å². The van der Waals surface area contributed by atoms with Gasteiger partial charge in [0, 0.05) is 23.0 Å². The number of rotatable bonds is 8. The highest BCUT2D eigenvalue weighted by Gasteiger charge is 2.23. The maximum Gasteiger partial charge on any atom is 0.206 e. The molecule has 136 valence electrons. The summed E-state index contributed by atoms with van der Waals surface area (Å²) in [6.07, 6.45) is 4.07. The third-order valence-corrected chi connectivity index (χ3v) is 6.39. The van der Waals surface area contributed by atoms with E-state index < -0.39 is 0 Å². The molecule has 1 fully saturated rings. The lowest BCUT2D eigenvalue weighted by molar-refractivity contribution is 0.102. The van der Waals surface area contributed by atoms with Crippen LogP contribution in [0.4, 0.5) is 5.13 Å². The molecule has 3 heterocycles. The van der Waals surface area contributed by atoms with E-state index >= 15 is 0 Å². The molecule has 0 spiro atoms. The molecule has 3 aromatic rings. The van der Waals surface area contributed by atoms with Gasteiger partial charge in [-0.15, -0.1) is 10.2 Å². The van der Waals surface area contributed by atoms with E-state index in [0.29, 0.717) is 18.3 Å². The van der Waals surface area contributed by atoms with Gasteiger partial charge in [0.2, 0.25) is 5.13 Å². The largest absolute Gasteiger partial charge is 0.467 e. The van der Waals surface area contributed by atoms with Gasteiger partial charge >= 0.3 is 0 Å². The highest BCUT2D eigenvalue weighted by atomic mass is 32.2. The number of carbonyl (C=O) groups excluding carboxylic acids is 1. The lowest BCUT2D eigenvalue weighted by Gasteiger charge is -2.07. The second-order valence-corrected chi connectivity index (χ2v) is 8.65. The van der Waals surface area contributed by atoms with Crippen LogP contribution in [0, 0.1) is 13.8 Å². The Bertz CT molecular complexity index is 910. The molecule has 26 heavy (non-hydrogen) atoms. The van der Waals surface area contributed by atoms with Crippen molar-refractivity contribution in [3.8, 4) is 0 Å². The summed E-state index contributed by atoms with van der Waals surface area (Å²) >= 11 is 2.96. The number of anilines is 1. The van der Waals surface area contributed by atoms with Crippen molar-refractivity contribution >= 4 is 34.0 Å². The topological polar surface area (TPSA) is 73.0 Å². The first kappa shape index (κ1) is 17.4. The first-order valence-corrected chi connectivity index (χ1v) is 10.4. The Morgan fingerprint density at radius 1 is 1.42 bits per heavy atom. The number of nitrogens with zero attached hydrogens (tertiary/aromatic N) is 3. The molecule has 1 aliphatic rings. The molecule has 3 aromatic heterocycles. The van der Waals surface area contributed by atoms with Crippen LogP contribution in [0.3, 0.4) is 0 Å². The van der Waals surface area contributed by atoms with Crippen molar-refractivity contribution < 1.29 is 9.21 Å². The molecule has 0 aliphatic heterocycles. The zero-order valence-corrected chi connectivity index (χ0v) is 16.3. The molecule has 0 unspecified atom stereocenters. The summed E-state index contributed by atoms with van der Waals surface area (Å²) in [7, 11) is 0. The standard InChI is InChI=1S/C18H20N4O2S2/c1-11-8-15(12(2)22(11)9-14-4-3-7-24-14)16(23)10-25-18-21-20-17(26-18)19-13-5-6-13/h3-4,7-8,13H,5-6,9-10H2,1-2H3,(H,19,20). The van der Waals surface area contributed by atoms with Gasteiger partial charge in [0.1, 0.15) is 5.76 Å². The molecule has 0 saturated heterocycles. The molecule has 8 heteroatoms. The van der Waals surface area contributed by atoms with Gasteiger partial charge in [0.05, 0.1) is 18.6 Å². The lowest BCUT2D eigenvalue weighted by atomic mass is 10.2. The number of ketones is 1. The molecule has 1 N–H and O–H groups in total. The van der Waals surface area contributed by atoms with E-state index in [-0.39, 0.29) is 5.78 Å². The average molecular weight is 389 g/mol. The molecule has 4 rings (SSSR count). The van der Waals surface area contributed by atoms with Crippen LogP contribution >= 0.6 is 23.1 Å². The Labute approximate surface area is 160 Å². The van der Waals surface area contributed by atoms with E-state index in [9.17, 15) is 4.79 Å². The number of nitrogens with one attached hydrogen (secondary N) is 1. The first-order chi connectivity index (χ1) is 12.6. The number of aryl methyl sites for hydroxylation is 1. The number of hydrogen-bond donors (Lipinski definition) is 1. The predicted molar refractivity (Wildman–Crippen MR) is 103 cm³/mol. The van der Waals surface area contributed by atoms with Crippen LogP contribution in [0.2, 0.25) is 0 Å². The number of carbonyl (C=O) groups is 1. The van der Waals surface area contributed by atoms with Gasteiger partial charge in [0.25, 0.3) is 0 Å². The third-order valence-electron chi connectivity index (χ3n) is 4.41. The Kier molecular flexibility index (Phi) is 4.86. The first-order valence-electron chi connectivity index (χ1n) is 8.55. The summed E-state index contributed by atoms with van der Waals surface area (Å²) in [5.74, 6) is 1.36. The normalized spacial score (nSPS) is 13.9. The van der Waals surface area contributed by atoms with Crippen LogP contribution in [0.15, 0.2) is 33.2 Å². The van der Waals surface area contributed by atoms with Crippen molar-refractivity contribution in [2.24, 2.45) is 0 Å². The van der Waals surface area contributed by atoms with Gasteiger partial charge in [-0.05, 0) is 44.9 Å². The fourth-order valence-electron chi connectivity index (χ4n) is 2.82. The SMILES string of the molecule is Cc1cc(C(=O)CSc2nnc(NC3CC3)s2)c(C)n1Cc1ccco1. The molecule has 6 nitrogen and oxygen atoms in total. The Hall–Kier alpha value is -2.06. The number of aromatic nitrogens is 3. The lowest BCUT2D eigenvalue weighted by Crippen LogP contribution is -2.07. The van der Waals surface area contributed by atoms with Crippen molar-refractivity contribution in [2.75, 3.05) is 11.1 Å². The number of thioether (sulfide) groups is 1. The Balaban J connectivity index is 1.40. The number of furan rings is 1. The molecular formula is C18H20N4O2S2. The minimum atomic E-state index is 0.112. The minimum Gasteiger partial charge on any atom is -0.467 e.